The van der Waals surface area contributed by atoms with Crippen molar-refractivity contribution in [3.63, 3.8) is 0 Å². The molecule has 0 spiro atoms. The molecule has 0 amide bonds. The molecule has 0 radical (unpaired) electrons. The minimum atomic E-state index is -0.125. The number of aromatic nitrogens is 2. The van der Waals surface area contributed by atoms with E-state index < -0.39 is 0 Å². The van der Waals surface area contributed by atoms with E-state index in [1.165, 1.54) is 0 Å². The number of hydrogen-bond donors (Lipinski definition) is 2. The normalized spacial score (nSPS) is 11.3. The number of nitrogens with zero attached hydrogens (tertiary/aromatic N) is 2. The van der Waals surface area contributed by atoms with Crippen LogP contribution < -0.4 is 10.6 Å². The Morgan fingerprint density at radius 2 is 1.71 bits per heavy atom. The second-order valence-corrected chi connectivity index (χ2v) is 6.48. The van der Waals surface area contributed by atoms with Crippen molar-refractivity contribution in [1.29, 1.82) is 0 Å². The van der Waals surface area contributed by atoms with Crippen molar-refractivity contribution in [2.75, 3.05) is 17.7 Å². The van der Waals surface area contributed by atoms with Gasteiger partial charge in [-0.15, -0.1) is 0 Å². The summed E-state index contributed by atoms with van der Waals surface area (Å²) in [7, 11) is 1.84. The second-order valence-electron chi connectivity index (χ2n) is 6.07. The maximum atomic E-state index is 6.26. The fourth-order valence-corrected chi connectivity index (χ4v) is 2.12. The van der Waals surface area contributed by atoms with E-state index in [4.69, 9.17) is 11.6 Å². The average Bonchev–Trinajstić information content (AvgIpc) is 2.40. The number of nitrogens with one attached hydrogen (secondary N) is 2. The van der Waals surface area contributed by atoms with Crippen LogP contribution in [0.2, 0.25) is 5.02 Å². The largest absolute Gasteiger partial charge is 0.373 e. The monoisotopic (exact) mass is 304 g/mol. The van der Waals surface area contributed by atoms with Gasteiger partial charge in [-0.25, -0.2) is 9.97 Å². The fourth-order valence-electron chi connectivity index (χ4n) is 1.83. The van der Waals surface area contributed by atoms with Crippen molar-refractivity contribution < 1.29 is 0 Å². The fraction of sp³-hybridized carbons (Fsp3) is 0.375. The predicted octanol–water partition coefficient (Wildman–Crippen LogP) is 4.52. The summed E-state index contributed by atoms with van der Waals surface area (Å²) in [4.78, 5) is 9.10. The molecule has 0 atom stereocenters. The molecular weight excluding hydrogens is 284 g/mol. The van der Waals surface area contributed by atoms with Crippen LogP contribution in [0.15, 0.2) is 24.3 Å². The Labute approximate surface area is 131 Å². The Hall–Kier alpha value is -1.81. The summed E-state index contributed by atoms with van der Waals surface area (Å²) in [6.07, 6.45) is 0. The minimum Gasteiger partial charge on any atom is -0.373 e. The lowest BCUT2D eigenvalue weighted by Gasteiger charge is -2.19. The maximum absolute atomic E-state index is 6.26. The lowest BCUT2D eigenvalue weighted by Crippen LogP contribution is -2.17. The van der Waals surface area contributed by atoms with Crippen LogP contribution in [0, 0.1) is 6.92 Å². The third-order valence-corrected chi connectivity index (χ3v) is 3.35. The van der Waals surface area contributed by atoms with E-state index in [0.29, 0.717) is 5.02 Å². The predicted molar refractivity (Wildman–Crippen MR) is 89.8 cm³/mol. The summed E-state index contributed by atoms with van der Waals surface area (Å²) in [5.41, 5.74) is 1.84. The van der Waals surface area contributed by atoms with Crippen molar-refractivity contribution >= 4 is 28.9 Å². The molecule has 1 aromatic heterocycles. The van der Waals surface area contributed by atoms with Crippen LogP contribution in [0.1, 0.15) is 32.2 Å². The quantitative estimate of drug-likeness (QED) is 0.875. The summed E-state index contributed by atoms with van der Waals surface area (Å²) in [5.74, 6) is 2.28. The lowest BCUT2D eigenvalue weighted by molar-refractivity contribution is 0.547. The summed E-state index contributed by atoms with van der Waals surface area (Å²) < 4.78 is 0. The molecule has 0 aliphatic carbocycles. The maximum Gasteiger partial charge on any atom is 0.138 e. The summed E-state index contributed by atoms with van der Waals surface area (Å²) in [5, 5.41) is 7.01. The first-order valence-electron chi connectivity index (χ1n) is 6.90. The van der Waals surface area contributed by atoms with E-state index in [1.54, 1.807) is 0 Å². The van der Waals surface area contributed by atoms with Gasteiger partial charge < -0.3 is 10.6 Å². The van der Waals surface area contributed by atoms with Crippen LogP contribution in [0.5, 0.6) is 0 Å². The molecule has 2 N–H and O–H groups in total. The summed E-state index contributed by atoms with van der Waals surface area (Å²) in [6.45, 7) is 8.27. The molecule has 2 rings (SSSR count). The SMILES string of the molecule is CNc1cc(Nc2ccc(C)cc2Cl)nc(C(C)(C)C)n1. The highest BCUT2D eigenvalue weighted by atomic mass is 35.5. The highest BCUT2D eigenvalue weighted by Crippen LogP contribution is 2.28. The van der Waals surface area contributed by atoms with Crippen LogP contribution in [-0.2, 0) is 5.41 Å². The van der Waals surface area contributed by atoms with Crippen LogP contribution in [0.4, 0.5) is 17.3 Å². The van der Waals surface area contributed by atoms with Crippen LogP contribution in [-0.4, -0.2) is 17.0 Å². The highest BCUT2D eigenvalue weighted by molar-refractivity contribution is 6.33. The summed E-state index contributed by atoms with van der Waals surface area (Å²) >= 11 is 6.26. The van der Waals surface area contributed by atoms with E-state index >= 15 is 0 Å². The van der Waals surface area contributed by atoms with E-state index in [1.807, 2.05) is 38.2 Å². The minimum absolute atomic E-state index is 0.125. The van der Waals surface area contributed by atoms with Crippen LogP contribution in [0.3, 0.4) is 0 Å². The van der Waals surface area contributed by atoms with Gasteiger partial charge >= 0.3 is 0 Å². The van der Waals surface area contributed by atoms with Crippen molar-refractivity contribution in [2.45, 2.75) is 33.1 Å². The number of halogens is 1. The molecule has 21 heavy (non-hydrogen) atoms. The average molecular weight is 305 g/mol. The molecule has 1 heterocycles. The van der Waals surface area contributed by atoms with Gasteiger partial charge in [-0.1, -0.05) is 38.4 Å². The van der Waals surface area contributed by atoms with Gasteiger partial charge in [0.25, 0.3) is 0 Å². The molecule has 0 saturated heterocycles. The first-order chi connectivity index (χ1) is 9.79. The van der Waals surface area contributed by atoms with Gasteiger partial charge in [0.05, 0.1) is 10.7 Å². The highest BCUT2D eigenvalue weighted by Gasteiger charge is 2.19. The zero-order chi connectivity index (χ0) is 15.6. The molecule has 0 aliphatic heterocycles. The standard InChI is InChI=1S/C16H21ClN4/c1-10-6-7-12(11(17)8-10)19-14-9-13(18-5)20-15(21-14)16(2,3)4/h6-9H,1-5H3,(H2,18,19,20,21). The zero-order valence-electron chi connectivity index (χ0n) is 13.1. The topological polar surface area (TPSA) is 49.8 Å². The van der Waals surface area contributed by atoms with Gasteiger partial charge in [0, 0.05) is 18.5 Å². The molecular formula is C16H21ClN4. The first kappa shape index (κ1) is 15.6. The molecule has 2 aromatic rings. The second kappa shape index (κ2) is 5.90. The summed E-state index contributed by atoms with van der Waals surface area (Å²) in [6, 6.07) is 7.76. The van der Waals surface area contributed by atoms with Crippen molar-refractivity contribution in [2.24, 2.45) is 0 Å². The number of anilines is 3. The molecule has 0 unspecified atom stereocenters. The van der Waals surface area contributed by atoms with Gasteiger partial charge in [-0.2, -0.15) is 0 Å². The molecule has 4 nitrogen and oxygen atoms in total. The van der Waals surface area contributed by atoms with Crippen molar-refractivity contribution in [3.05, 3.63) is 40.7 Å². The molecule has 1 aromatic carbocycles. The molecule has 112 valence electrons. The molecule has 0 fully saturated rings. The van der Waals surface area contributed by atoms with Gasteiger partial charge in [0.2, 0.25) is 0 Å². The Bertz CT molecular complexity index is 647. The Morgan fingerprint density at radius 1 is 1.05 bits per heavy atom. The van der Waals surface area contributed by atoms with E-state index in [2.05, 4.69) is 41.4 Å². The third kappa shape index (κ3) is 3.85. The van der Waals surface area contributed by atoms with Gasteiger partial charge in [-0.3, -0.25) is 0 Å². The van der Waals surface area contributed by atoms with Gasteiger partial charge in [0.15, 0.2) is 0 Å². The molecule has 0 bridgehead atoms. The van der Waals surface area contributed by atoms with Crippen LogP contribution in [0.25, 0.3) is 0 Å². The lowest BCUT2D eigenvalue weighted by atomic mass is 9.96. The molecule has 0 saturated carbocycles. The van der Waals surface area contributed by atoms with E-state index in [-0.39, 0.29) is 5.41 Å². The zero-order valence-corrected chi connectivity index (χ0v) is 13.8. The third-order valence-electron chi connectivity index (χ3n) is 3.04. The van der Waals surface area contributed by atoms with Gasteiger partial charge in [-0.05, 0) is 24.6 Å². The molecule has 0 aliphatic rings. The first-order valence-corrected chi connectivity index (χ1v) is 7.28. The Balaban J connectivity index is 2.39. The Kier molecular flexibility index (Phi) is 4.37. The Morgan fingerprint density at radius 3 is 2.29 bits per heavy atom. The smallest absolute Gasteiger partial charge is 0.138 e. The number of hydrogen-bond acceptors (Lipinski definition) is 4. The molecule has 5 heteroatoms. The van der Waals surface area contributed by atoms with Crippen LogP contribution >= 0.6 is 11.6 Å². The van der Waals surface area contributed by atoms with Crippen molar-refractivity contribution in [3.8, 4) is 0 Å². The number of benzene rings is 1. The van der Waals surface area contributed by atoms with E-state index in [9.17, 15) is 0 Å². The number of rotatable bonds is 3. The van der Waals surface area contributed by atoms with E-state index in [0.717, 1.165) is 28.7 Å². The number of aryl methyl sites for hydroxylation is 1. The van der Waals surface area contributed by atoms with Crippen molar-refractivity contribution in [1.82, 2.24) is 9.97 Å². The van der Waals surface area contributed by atoms with Gasteiger partial charge in [0.1, 0.15) is 17.5 Å².